The van der Waals surface area contributed by atoms with Crippen molar-refractivity contribution in [2.24, 2.45) is 14.1 Å². The number of nitrogens with zero attached hydrogens (tertiary/aromatic N) is 3. The number of aromatic nitrogens is 3. The predicted octanol–water partition coefficient (Wildman–Crippen LogP) is 3.09. The van der Waals surface area contributed by atoms with E-state index in [4.69, 9.17) is 0 Å². The molecule has 90 valence electrons. The molecule has 0 amide bonds. The highest BCUT2D eigenvalue weighted by molar-refractivity contribution is 5.63. The first-order valence-electron chi connectivity index (χ1n) is 5.95. The molecule has 3 nitrogen and oxygen atoms in total. The van der Waals surface area contributed by atoms with Gasteiger partial charge in [0.05, 0.1) is 11.4 Å². The Hall–Kier alpha value is -2.29. The second kappa shape index (κ2) is 4.18. The minimum absolute atomic E-state index is 1.00. The topological polar surface area (TPSA) is 22.8 Å². The molecule has 0 fully saturated rings. The molecular formula is C15H15N3. The van der Waals surface area contributed by atoms with E-state index in [2.05, 4.69) is 38.4 Å². The summed E-state index contributed by atoms with van der Waals surface area (Å²) in [6, 6.07) is 12.4. The Balaban J connectivity index is 2.00. The Morgan fingerprint density at radius 1 is 0.833 bits per heavy atom. The largest absolute Gasteiger partial charge is 0.351 e. The van der Waals surface area contributed by atoms with Crippen molar-refractivity contribution in [1.82, 2.24) is 14.1 Å². The number of pyridine rings is 1. The average molecular weight is 237 g/mol. The molecule has 0 aliphatic heterocycles. The minimum Gasteiger partial charge on any atom is -0.351 e. The summed E-state index contributed by atoms with van der Waals surface area (Å²) in [5.41, 5.74) is 4.45. The van der Waals surface area contributed by atoms with Crippen molar-refractivity contribution in [3.63, 3.8) is 0 Å². The van der Waals surface area contributed by atoms with E-state index in [1.807, 2.05) is 44.8 Å². The molecule has 0 radical (unpaired) electrons. The molecule has 0 N–H and O–H groups in total. The highest BCUT2D eigenvalue weighted by atomic mass is 14.9. The van der Waals surface area contributed by atoms with Crippen molar-refractivity contribution in [2.75, 3.05) is 0 Å². The number of hydrogen-bond acceptors (Lipinski definition) is 1. The van der Waals surface area contributed by atoms with Crippen LogP contribution in [0.2, 0.25) is 0 Å². The quantitative estimate of drug-likeness (QED) is 0.671. The van der Waals surface area contributed by atoms with Crippen molar-refractivity contribution >= 4 is 0 Å². The van der Waals surface area contributed by atoms with E-state index in [0.717, 1.165) is 17.0 Å². The van der Waals surface area contributed by atoms with E-state index in [0.29, 0.717) is 0 Å². The van der Waals surface area contributed by atoms with Gasteiger partial charge in [-0.25, -0.2) is 0 Å². The van der Waals surface area contributed by atoms with Gasteiger partial charge in [0.1, 0.15) is 0 Å². The predicted molar refractivity (Wildman–Crippen MR) is 73.1 cm³/mol. The Morgan fingerprint density at radius 3 is 2.00 bits per heavy atom. The molecule has 18 heavy (non-hydrogen) atoms. The lowest BCUT2D eigenvalue weighted by Gasteiger charge is -2.06. The highest BCUT2D eigenvalue weighted by Gasteiger charge is 2.05. The van der Waals surface area contributed by atoms with Crippen molar-refractivity contribution in [2.45, 2.75) is 0 Å². The third-order valence-corrected chi connectivity index (χ3v) is 3.21. The monoisotopic (exact) mass is 237 g/mol. The van der Waals surface area contributed by atoms with Gasteiger partial charge in [0.2, 0.25) is 0 Å². The second-order valence-corrected chi connectivity index (χ2v) is 4.44. The second-order valence-electron chi connectivity index (χ2n) is 4.44. The summed E-state index contributed by atoms with van der Waals surface area (Å²) in [6.07, 6.45) is 6.00. The summed E-state index contributed by atoms with van der Waals surface area (Å²) in [4.78, 5) is 4.54. The van der Waals surface area contributed by atoms with Gasteiger partial charge in [-0.2, -0.15) is 0 Å². The van der Waals surface area contributed by atoms with Crippen LogP contribution in [0.5, 0.6) is 0 Å². The van der Waals surface area contributed by atoms with E-state index in [9.17, 15) is 0 Å². The molecule has 0 bridgehead atoms. The summed E-state index contributed by atoms with van der Waals surface area (Å²) in [6.45, 7) is 0. The molecule has 0 unspecified atom stereocenters. The van der Waals surface area contributed by atoms with Crippen LogP contribution in [0.1, 0.15) is 0 Å². The van der Waals surface area contributed by atoms with Crippen LogP contribution in [0, 0.1) is 0 Å². The lowest BCUT2D eigenvalue weighted by Crippen LogP contribution is -1.93. The third kappa shape index (κ3) is 1.74. The molecule has 0 aliphatic carbocycles. The fourth-order valence-corrected chi connectivity index (χ4v) is 2.19. The molecule has 0 aliphatic rings. The first kappa shape index (κ1) is 10.8. The van der Waals surface area contributed by atoms with Crippen LogP contribution in [0.15, 0.2) is 55.0 Å². The molecule has 0 spiro atoms. The Kier molecular flexibility index (Phi) is 2.52. The molecule has 0 aromatic carbocycles. The minimum atomic E-state index is 1.00. The number of rotatable bonds is 2. The maximum atomic E-state index is 4.54. The molecule has 3 aromatic heterocycles. The van der Waals surface area contributed by atoms with Gasteiger partial charge in [0.15, 0.2) is 0 Å². The van der Waals surface area contributed by atoms with Crippen LogP contribution in [-0.2, 0) is 14.1 Å². The first-order valence-corrected chi connectivity index (χ1v) is 5.95. The smallest absolute Gasteiger partial charge is 0.0866 e. The first-order chi connectivity index (χ1) is 8.75. The third-order valence-electron chi connectivity index (χ3n) is 3.21. The molecule has 0 saturated heterocycles. The summed E-state index contributed by atoms with van der Waals surface area (Å²) < 4.78 is 4.17. The van der Waals surface area contributed by atoms with Crippen LogP contribution in [-0.4, -0.2) is 14.1 Å². The zero-order valence-corrected chi connectivity index (χ0v) is 10.5. The molecule has 3 rings (SSSR count). The SMILES string of the molecule is Cn1cccc1-c1ccc(-c2cccn2C)nc1. The van der Waals surface area contributed by atoms with Crippen molar-refractivity contribution in [3.05, 3.63) is 55.0 Å². The molecule has 3 heterocycles. The molecule has 3 aromatic rings. The van der Waals surface area contributed by atoms with Crippen molar-refractivity contribution in [1.29, 1.82) is 0 Å². The van der Waals surface area contributed by atoms with Crippen LogP contribution in [0.25, 0.3) is 22.6 Å². The lowest BCUT2D eigenvalue weighted by molar-refractivity contribution is 0.928. The van der Waals surface area contributed by atoms with Gasteiger partial charge in [-0.3, -0.25) is 4.98 Å². The van der Waals surface area contributed by atoms with Crippen LogP contribution >= 0.6 is 0 Å². The summed E-state index contributed by atoms with van der Waals surface area (Å²) in [7, 11) is 4.07. The fraction of sp³-hybridized carbons (Fsp3) is 0.133. The molecular weight excluding hydrogens is 222 g/mol. The van der Waals surface area contributed by atoms with Gasteiger partial charge in [-0.05, 0) is 36.4 Å². The van der Waals surface area contributed by atoms with E-state index in [-0.39, 0.29) is 0 Å². The maximum Gasteiger partial charge on any atom is 0.0866 e. The standard InChI is InChI=1S/C15H15N3/c1-17-9-3-5-14(17)12-7-8-13(16-11-12)15-6-4-10-18(15)2/h3-11H,1-2H3. The summed E-state index contributed by atoms with van der Waals surface area (Å²) in [5, 5.41) is 0. The zero-order chi connectivity index (χ0) is 12.5. The van der Waals surface area contributed by atoms with Gasteiger partial charge < -0.3 is 9.13 Å². The Labute approximate surface area is 106 Å². The number of aryl methyl sites for hydroxylation is 2. The average Bonchev–Trinajstić information content (AvgIpc) is 2.98. The summed E-state index contributed by atoms with van der Waals surface area (Å²) >= 11 is 0. The van der Waals surface area contributed by atoms with Gasteiger partial charge in [0, 0.05) is 43.9 Å². The van der Waals surface area contributed by atoms with Crippen LogP contribution in [0.4, 0.5) is 0 Å². The van der Waals surface area contributed by atoms with E-state index in [1.54, 1.807) is 0 Å². The van der Waals surface area contributed by atoms with Gasteiger partial charge in [-0.1, -0.05) is 0 Å². The zero-order valence-electron chi connectivity index (χ0n) is 10.5. The molecule has 3 heteroatoms. The van der Waals surface area contributed by atoms with Gasteiger partial charge in [-0.15, -0.1) is 0 Å². The highest BCUT2D eigenvalue weighted by Crippen LogP contribution is 2.22. The van der Waals surface area contributed by atoms with Crippen LogP contribution in [0.3, 0.4) is 0 Å². The van der Waals surface area contributed by atoms with Crippen molar-refractivity contribution < 1.29 is 0 Å². The van der Waals surface area contributed by atoms with E-state index < -0.39 is 0 Å². The lowest BCUT2D eigenvalue weighted by atomic mass is 10.2. The fourth-order valence-electron chi connectivity index (χ4n) is 2.19. The van der Waals surface area contributed by atoms with E-state index in [1.165, 1.54) is 5.69 Å². The molecule has 0 saturated carbocycles. The van der Waals surface area contributed by atoms with Gasteiger partial charge in [0.25, 0.3) is 0 Å². The van der Waals surface area contributed by atoms with E-state index >= 15 is 0 Å². The van der Waals surface area contributed by atoms with Crippen molar-refractivity contribution in [3.8, 4) is 22.6 Å². The maximum absolute atomic E-state index is 4.54. The number of hydrogen-bond donors (Lipinski definition) is 0. The van der Waals surface area contributed by atoms with Gasteiger partial charge >= 0.3 is 0 Å². The Morgan fingerprint density at radius 2 is 1.50 bits per heavy atom. The molecule has 0 atom stereocenters. The summed E-state index contributed by atoms with van der Waals surface area (Å²) in [5.74, 6) is 0. The Bertz CT molecular complexity index is 600. The van der Waals surface area contributed by atoms with Crippen LogP contribution < -0.4 is 0 Å². The normalized spacial score (nSPS) is 10.8.